The Labute approximate surface area is 121 Å². The molecule has 0 rings (SSSR count). The fraction of sp³-hybridized carbons (Fsp3) is 0.625. The van der Waals surface area contributed by atoms with E-state index in [0.717, 1.165) is 19.3 Å². The molecule has 0 bridgehead atoms. The van der Waals surface area contributed by atoms with Crippen molar-refractivity contribution in [2.45, 2.75) is 58.8 Å². The number of carbonyl (C=O) groups excluding carboxylic acids is 2. The van der Waals surface area contributed by atoms with Gasteiger partial charge in [0.15, 0.2) is 0 Å². The van der Waals surface area contributed by atoms with Gasteiger partial charge < -0.3 is 9.47 Å². The second-order valence-corrected chi connectivity index (χ2v) is 4.46. The summed E-state index contributed by atoms with van der Waals surface area (Å²) in [6, 6.07) is 0. The molecule has 0 N–H and O–H groups in total. The molecule has 0 aliphatic carbocycles. The lowest BCUT2D eigenvalue weighted by Gasteiger charge is -2.02. The molecular formula is C16H26O4. The van der Waals surface area contributed by atoms with Crippen LogP contribution in [0, 0.1) is 0 Å². The zero-order valence-electron chi connectivity index (χ0n) is 12.6. The number of esters is 2. The lowest BCUT2D eigenvalue weighted by atomic mass is 10.2. The van der Waals surface area contributed by atoms with Gasteiger partial charge in [0.2, 0.25) is 0 Å². The van der Waals surface area contributed by atoms with E-state index < -0.39 is 0 Å². The molecule has 0 amide bonds. The highest BCUT2D eigenvalue weighted by Crippen LogP contribution is 2.03. The minimum atomic E-state index is -0.250. The maximum Gasteiger partial charge on any atom is 0.310 e. The summed E-state index contributed by atoms with van der Waals surface area (Å²) in [4.78, 5) is 22.6. The van der Waals surface area contributed by atoms with Gasteiger partial charge >= 0.3 is 11.9 Å². The van der Waals surface area contributed by atoms with E-state index in [1.54, 1.807) is 6.08 Å². The van der Waals surface area contributed by atoms with Crippen molar-refractivity contribution in [1.29, 1.82) is 0 Å². The minimum absolute atomic E-state index is 0.226. The lowest BCUT2D eigenvalue weighted by Crippen LogP contribution is -2.05. The molecule has 0 aliphatic rings. The van der Waals surface area contributed by atoms with Gasteiger partial charge in [-0.25, -0.2) is 0 Å². The molecule has 0 radical (unpaired) electrons. The molecule has 0 saturated carbocycles. The molecule has 0 saturated heterocycles. The molecular weight excluding hydrogens is 256 g/mol. The van der Waals surface area contributed by atoms with Crippen molar-refractivity contribution in [2.75, 3.05) is 6.61 Å². The number of hydrogen-bond acceptors (Lipinski definition) is 4. The third kappa shape index (κ3) is 12.9. The van der Waals surface area contributed by atoms with Gasteiger partial charge in [-0.3, -0.25) is 9.59 Å². The number of ether oxygens (including phenoxy) is 2. The molecule has 0 heterocycles. The second kappa shape index (κ2) is 13.8. The van der Waals surface area contributed by atoms with Crippen molar-refractivity contribution in [1.82, 2.24) is 0 Å². The van der Waals surface area contributed by atoms with Gasteiger partial charge in [0.25, 0.3) is 0 Å². The summed E-state index contributed by atoms with van der Waals surface area (Å²) in [5.41, 5.74) is 0. The van der Waals surface area contributed by atoms with Crippen molar-refractivity contribution in [3.63, 3.8) is 0 Å². The van der Waals surface area contributed by atoms with Crippen LogP contribution in [0.15, 0.2) is 24.5 Å². The second-order valence-electron chi connectivity index (χ2n) is 4.46. The maximum absolute atomic E-state index is 11.3. The Bertz CT molecular complexity index is 318. The van der Waals surface area contributed by atoms with E-state index in [4.69, 9.17) is 9.47 Å². The van der Waals surface area contributed by atoms with Crippen molar-refractivity contribution in [2.24, 2.45) is 0 Å². The first-order valence-corrected chi connectivity index (χ1v) is 7.32. The summed E-state index contributed by atoms with van der Waals surface area (Å²) < 4.78 is 9.87. The van der Waals surface area contributed by atoms with E-state index in [9.17, 15) is 9.59 Å². The van der Waals surface area contributed by atoms with Crippen molar-refractivity contribution >= 4 is 11.9 Å². The number of hydrogen-bond donors (Lipinski definition) is 0. The zero-order valence-corrected chi connectivity index (χ0v) is 12.6. The van der Waals surface area contributed by atoms with Crippen molar-refractivity contribution in [3.05, 3.63) is 24.5 Å². The summed E-state index contributed by atoms with van der Waals surface area (Å²) in [6.07, 6.45) is 12.1. The molecule has 20 heavy (non-hydrogen) atoms. The first kappa shape index (κ1) is 18.4. The molecule has 0 aromatic carbocycles. The first-order chi connectivity index (χ1) is 9.70. The quantitative estimate of drug-likeness (QED) is 0.249. The SMILES string of the molecule is CC=CCOC(=O)CCCCC(=O)OC=CCCCC. The summed E-state index contributed by atoms with van der Waals surface area (Å²) in [6.45, 7) is 4.31. The summed E-state index contributed by atoms with van der Waals surface area (Å²) in [5, 5.41) is 0. The van der Waals surface area contributed by atoms with Crippen LogP contribution < -0.4 is 0 Å². The Morgan fingerprint density at radius 1 is 1.00 bits per heavy atom. The van der Waals surface area contributed by atoms with Crippen LogP contribution in [0.1, 0.15) is 58.8 Å². The van der Waals surface area contributed by atoms with E-state index in [0.29, 0.717) is 32.3 Å². The van der Waals surface area contributed by atoms with Crippen LogP contribution in [0.4, 0.5) is 0 Å². The van der Waals surface area contributed by atoms with Crippen LogP contribution >= 0.6 is 0 Å². The number of allylic oxidation sites excluding steroid dienone is 2. The Morgan fingerprint density at radius 2 is 1.70 bits per heavy atom. The first-order valence-electron chi connectivity index (χ1n) is 7.32. The third-order valence-electron chi connectivity index (χ3n) is 2.61. The molecule has 0 aliphatic heterocycles. The van der Waals surface area contributed by atoms with Gasteiger partial charge in [-0.15, -0.1) is 0 Å². The third-order valence-corrected chi connectivity index (χ3v) is 2.61. The molecule has 0 aromatic heterocycles. The highest BCUT2D eigenvalue weighted by Gasteiger charge is 2.04. The van der Waals surface area contributed by atoms with Crippen molar-refractivity contribution < 1.29 is 19.1 Å². The van der Waals surface area contributed by atoms with Crippen LogP contribution in [-0.2, 0) is 19.1 Å². The van der Waals surface area contributed by atoms with Crippen LogP contribution in [-0.4, -0.2) is 18.5 Å². The topological polar surface area (TPSA) is 52.6 Å². The molecule has 0 spiro atoms. The maximum atomic E-state index is 11.3. The molecule has 4 nitrogen and oxygen atoms in total. The van der Waals surface area contributed by atoms with Crippen LogP contribution in [0.3, 0.4) is 0 Å². The standard InChI is InChI=1S/C16H26O4/c1-3-5-7-10-14-20-16(18)12-9-8-11-15(17)19-13-6-4-2/h4,6,10,14H,3,5,7-9,11-13H2,1-2H3. The van der Waals surface area contributed by atoms with Crippen molar-refractivity contribution in [3.8, 4) is 0 Å². The Morgan fingerprint density at radius 3 is 2.35 bits per heavy atom. The van der Waals surface area contributed by atoms with Gasteiger partial charge in [-0.2, -0.15) is 0 Å². The van der Waals surface area contributed by atoms with Gasteiger partial charge in [0, 0.05) is 12.8 Å². The number of rotatable bonds is 11. The summed E-state index contributed by atoms with van der Waals surface area (Å²) in [5.74, 6) is -0.476. The number of carbonyl (C=O) groups is 2. The largest absolute Gasteiger partial charge is 0.461 e. The van der Waals surface area contributed by atoms with E-state index >= 15 is 0 Å². The van der Waals surface area contributed by atoms with E-state index in [2.05, 4.69) is 6.92 Å². The zero-order chi connectivity index (χ0) is 15.1. The molecule has 114 valence electrons. The van der Waals surface area contributed by atoms with Gasteiger partial charge in [0.05, 0.1) is 6.26 Å². The molecule has 0 unspecified atom stereocenters. The summed E-state index contributed by atoms with van der Waals surface area (Å²) in [7, 11) is 0. The fourth-order valence-corrected chi connectivity index (χ4v) is 1.42. The predicted octanol–water partition coefficient (Wildman–Crippen LogP) is 3.91. The Kier molecular flexibility index (Phi) is 12.7. The summed E-state index contributed by atoms with van der Waals surface area (Å²) >= 11 is 0. The van der Waals surface area contributed by atoms with Crippen LogP contribution in [0.5, 0.6) is 0 Å². The van der Waals surface area contributed by atoms with E-state index in [1.165, 1.54) is 6.26 Å². The van der Waals surface area contributed by atoms with Crippen LogP contribution in [0.2, 0.25) is 0 Å². The molecule has 0 aromatic rings. The van der Waals surface area contributed by atoms with Gasteiger partial charge in [-0.05, 0) is 38.7 Å². The Balaban J connectivity index is 3.47. The monoisotopic (exact) mass is 282 g/mol. The molecule has 0 fully saturated rings. The van der Waals surface area contributed by atoms with Gasteiger partial charge in [0.1, 0.15) is 6.61 Å². The van der Waals surface area contributed by atoms with Crippen LogP contribution in [0.25, 0.3) is 0 Å². The molecule has 0 atom stereocenters. The highest BCUT2D eigenvalue weighted by atomic mass is 16.5. The smallest absolute Gasteiger partial charge is 0.310 e. The number of unbranched alkanes of at least 4 members (excludes halogenated alkanes) is 3. The predicted molar refractivity (Wildman–Crippen MR) is 79.0 cm³/mol. The minimum Gasteiger partial charge on any atom is -0.461 e. The van der Waals surface area contributed by atoms with E-state index in [1.807, 2.05) is 19.1 Å². The van der Waals surface area contributed by atoms with E-state index in [-0.39, 0.29) is 11.9 Å². The Hall–Kier alpha value is -1.58. The fourth-order valence-electron chi connectivity index (χ4n) is 1.42. The van der Waals surface area contributed by atoms with Gasteiger partial charge in [-0.1, -0.05) is 25.5 Å². The normalized spacial score (nSPS) is 11.1. The average molecular weight is 282 g/mol. The average Bonchev–Trinajstić information content (AvgIpc) is 2.44. The molecule has 4 heteroatoms. The lowest BCUT2D eigenvalue weighted by molar-refractivity contribution is -0.143. The highest BCUT2D eigenvalue weighted by molar-refractivity contribution is 5.71.